The first-order valence-electron chi connectivity index (χ1n) is 7.21. The van der Waals surface area contributed by atoms with Gasteiger partial charge in [0.25, 0.3) is 0 Å². The minimum Gasteiger partial charge on any atom is -0.785 e. The van der Waals surface area contributed by atoms with Gasteiger partial charge in [0.05, 0.1) is 0 Å². The van der Waals surface area contributed by atoms with Gasteiger partial charge in [-0.05, 0) is 49.1 Å². The van der Waals surface area contributed by atoms with Crippen molar-refractivity contribution >= 4 is 0 Å². The molecule has 2 heteroatoms. The lowest BCUT2D eigenvalue weighted by atomic mass is 9.60. The number of hydrogen-bond donors (Lipinski definition) is 0. The molecular formula is C15H30NO-. The summed E-state index contributed by atoms with van der Waals surface area (Å²) in [6.07, 6.45) is 6.04. The Morgan fingerprint density at radius 1 is 1.18 bits per heavy atom. The molecule has 17 heavy (non-hydrogen) atoms. The number of unbranched alkanes of at least 4 members (excludes halogenated alkanes) is 1. The molecule has 0 aromatic rings. The predicted octanol–water partition coefficient (Wildman–Crippen LogP) is 4.44. The zero-order chi connectivity index (χ0) is 13.1. The van der Waals surface area contributed by atoms with Crippen LogP contribution >= 0.6 is 0 Å². The fourth-order valence-corrected chi connectivity index (χ4v) is 3.78. The highest BCUT2D eigenvalue weighted by Gasteiger charge is 2.40. The van der Waals surface area contributed by atoms with Crippen molar-refractivity contribution in [3.05, 3.63) is 5.21 Å². The Hall–Kier alpha value is -0.0800. The second-order valence-electron chi connectivity index (χ2n) is 7.14. The van der Waals surface area contributed by atoms with Crippen molar-refractivity contribution in [2.24, 2.45) is 16.7 Å². The summed E-state index contributed by atoms with van der Waals surface area (Å²) in [6.45, 7) is 13.0. The largest absolute Gasteiger partial charge is 0.785 e. The molecule has 1 rings (SSSR count). The number of hydrogen-bond acceptors (Lipinski definition) is 2. The summed E-state index contributed by atoms with van der Waals surface area (Å²) in [5, 5.41) is 13.1. The van der Waals surface area contributed by atoms with E-state index in [1.54, 1.807) is 0 Å². The van der Waals surface area contributed by atoms with E-state index in [9.17, 15) is 5.21 Å². The van der Waals surface area contributed by atoms with Gasteiger partial charge in [-0.15, -0.1) is 0 Å². The molecule has 0 spiro atoms. The van der Waals surface area contributed by atoms with Gasteiger partial charge in [-0.1, -0.05) is 47.5 Å². The topological polar surface area (TPSA) is 26.3 Å². The normalized spacial score (nSPS) is 29.6. The lowest BCUT2D eigenvalue weighted by Gasteiger charge is -2.51. The molecule has 0 radical (unpaired) electrons. The smallest absolute Gasteiger partial charge is 0.00893 e. The Morgan fingerprint density at radius 2 is 1.82 bits per heavy atom. The van der Waals surface area contributed by atoms with Crippen LogP contribution in [0.15, 0.2) is 0 Å². The number of rotatable bonds is 3. The molecular weight excluding hydrogens is 210 g/mol. The first kappa shape index (κ1) is 15.0. The second-order valence-corrected chi connectivity index (χ2v) is 7.14. The van der Waals surface area contributed by atoms with Crippen LogP contribution in [-0.4, -0.2) is 18.2 Å². The third kappa shape index (κ3) is 3.96. The van der Waals surface area contributed by atoms with E-state index >= 15 is 0 Å². The van der Waals surface area contributed by atoms with Crippen LogP contribution < -0.4 is 0 Å². The fraction of sp³-hybridized carbons (Fsp3) is 1.00. The van der Waals surface area contributed by atoms with Crippen LogP contribution in [0.25, 0.3) is 0 Å². The minimum absolute atomic E-state index is 0.140. The van der Waals surface area contributed by atoms with Crippen molar-refractivity contribution < 1.29 is 0 Å². The van der Waals surface area contributed by atoms with E-state index in [-0.39, 0.29) is 5.41 Å². The molecule has 0 amide bonds. The van der Waals surface area contributed by atoms with E-state index in [0.29, 0.717) is 24.4 Å². The van der Waals surface area contributed by atoms with E-state index in [1.165, 1.54) is 30.7 Å². The van der Waals surface area contributed by atoms with Crippen molar-refractivity contribution in [1.29, 1.82) is 0 Å². The van der Waals surface area contributed by atoms with Crippen LogP contribution in [0.5, 0.6) is 0 Å². The van der Waals surface area contributed by atoms with Crippen LogP contribution in [0.4, 0.5) is 0 Å². The molecule has 1 aliphatic heterocycles. The summed E-state index contributed by atoms with van der Waals surface area (Å²) < 4.78 is 0. The molecule has 0 unspecified atom stereocenters. The maximum absolute atomic E-state index is 11.8. The zero-order valence-corrected chi connectivity index (χ0v) is 12.4. The molecule has 0 aromatic carbocycles. The van der Waals surface area contributed by atoms with E-state index in [0.717, 1.165) is 6.42 Å². The lowest BCUT2D eigenvalue weighted by Crippen LogP contribution is -2.45. The van der Waals surface area contributed by atoms with E-state index in [1.807, 2.05) is 0 Å². The molecule has 0 saturated carbocycles. The molecule has 1 aliphatic rings. The van der Waals surface area contributed by atoms with Crippen molar-refractivity contribution in [3.8, 4) is 0 Å². The van der Waals surface area contributed by atoms with Gasteiger partial charge in [0.2, 0.25) is 0 Å². The molecule has 2 nitrogen and oxygen atoms in total. The summed E-state index contributed by atoms with van der Waals surface area (Å²) >= 11 is 0. The summed E-state index contributed by atoms with van der Waals surface area (Å²) in [7, 11) is 0. The van der Waals surface area contributed by atoms with Gasteiger partial charge in [-0.3, -0.25) is 0 Å². The molecule has 102 valence electrons. The molecule has 1 saturated heterocycles. The average Bonchev–Trinajstić information content (AvgIpc) is 2.14. The van der Waals surface area contributed by atoms with E-state index in [2.05, 4.69) is 34.6 Å². The maximum Gasteiger partial charge on any atom is -0.00893 e. The fourth-order valence-electron chi connectivity index (χ4n) is 3.78. The summed E-state index contributed by atoms with van der Waals surface area (Å²) in [5.74, 6) is 0.659. The van der Waals surface area contributed by atoms with E-state index in [4.69, 9.17) is 0 Å². The van der Waals surface area contributed by atoms with Crippen LogP contribution in [-0.2, 0) is 0 Å². The SMILES string of the molecule is CCCC[C@@H]1C(C)(C)CCCN([O-])CC1(C)C. The summed E-state index contributed by atoms with van der Waals surface area (Å²) in [4.78, 5) is 0. The van der Waals surface area contributed by atoms with Gasteiger partial charge in [0.1, 0.15) is 0 Å². The highest BCUT2D eigenvalue weighted by atomic mass is 16.5. The summed E-state index contributed by atoms with van der Waals surface area (Å²) in [5.41, 5.74) is 0.515. The van der Waals surface area contributed by atoms with Crippen LogP contribution in [0.2, 0.25) is 0 Å². The van der Waals surface area contributed by atoms with Crippen LogP contribution in [0, 0.1) is 22.0 Å². The Labute approximate surface area is 107 Å². The van der Waals surface area contributed by atoms with Crippen molar-refractivity contribution in [1.82, 2.24) is 5.06 Å². The minimum atomic E-state index is 0.140. The van der Waals surface area contributed by atoms with Gasteiger partial charge in [-0.2, -0.15) is 0 Å². The standard InChI is InChI=1S/C15H30NO/c1-6-7-9-13-14(2,3)10-8-11-16(17)12-15(13,4)5/h13H,6-12H2,1-5H3/q-1/t13-/m1/s1. The molecule has 0 N–H and O–H groups in total. The second kappa shape index (κ2) is 5.71. The van der Waals surface area contributed by atoms with Gasteiger partial charge < -0.3 is 10.3 Å². The number of hydroxylamine groups is 2. The average molecular weight is 240 g/mol. The predicted molar refractivity (Wildman–Crippen MR) is 74.8 cm³/mol. The Morgan fingerprint density at radius 3 is 2.41 bits per heavy atom. The van der Waals surface area contributed by atoms with Gasteiger partial charge in [0, 0.05) is 0 Å². The molecule has 0 aromatic heterocycles. The monoisotopic (exact) mass is 240 g/mol. The van der Waals surface area contributed by atoms with Crippen molar-refractivity contribution in [2.75, 3.05) is 13.1 Å². The molecule has 0 aliphatic carbocycles. The molecule has 1 atom stereocenters. The molecule has 1 heterocycles. The van der Waals surface area contributed by atoms with Gasteiger partial charge in [0.15, 0.2) is 0 Å². The first-order valence-corrected chi connectivity index (χ1v) is 7.21. The maximum atomic E-state index is 11.8. The number of nitrogens with zero attached hydrogens (tertiary/aromatic N) is 1. The zero-order valence-electron chi connectivity index (χ0n) is 12.4. The Kier molecular flexibility index (Phi) is 5.03. The Bertz CT molecular complexity index is 235. The molecule has 1 fully saturated rings. The Balaban J connectivity index is 2.86. The third-order valence-electron chi connectivity index (χ3n) is 4.55. The van der Waals surface area contributed by atoms with Crippen LogP contribution in [0.1, 0.15) is 66.7 Å². The highest BCUT2D eigenvalue weighted by molar-refractivity contribution is 4.92. The summed E-state index contributed by atoms with van der Waals surface area (Å²) in [6, 6.07) is 0. The molecule has 0 bridgehead atoms. The van der Waals surface area contributed by atoms with E-state index < -0.39 is 0 Å². The van der Waals surface area contributed by atoms with Gasteiger partial charge in [-0.25, -0.2) is 0 Å². The van der Waals surface area contributed by atoms with Crippen molar-refractivity contribution in [2.45, 2.75) is 66.7 Å². The van der Waals surface area contributed by atoms with Crippen LogP contribution in [0.3, 0.4) is 0 Å². The van der Waals surface area contributed by atoms with Crippen molar-refractivity contribution in [3.63, 3.8) is 0 Å². The highest BCUT2D eigenvalue weighted by Crippen LogP contribution is 2.47. The quantitative estimate of drug-likeness (QED) is 0.729. The van der Waals surface area contributed by atoms with Gasteiger partial charge >= 0.3 is 0 Å². The first-order chi connectivity index (χ1) is 7.79. The lowest BCUT2D eigenvalue weighted by molar-refractivity contribution is 0.0158. The third-order valence-corrected chi connectivity index (χ3v) is 4.55.